The van der Waals surface area contributed by atoms with E-state index < -0.39 is 0 Å². The molecule has 0 radical (unpaired) electrons. The molecule has 0 aliphatic rings. The summed E-state index contributed by atoms with van der Waals surface area (Å²) in [6.45, 7) is 1.02. The highest BCUT2D eigenvalue weighted by atomic mass is 32.2. The SMILES string of the molecule is CSN(C)CN(C)C. The fourth-order valence-corrected chi connectivity index (χ4v) is 0.802. The van der Waals surface area contributed by atoms with Gasteiger partial charge in [0.15, 0.2) is 0 Å². The Morgan fingerprint density at radius 3 is 1.88 bits per heavy atom. The molecular weight excluding hydrogens is 120 g/mol. The maximum Gasteiger partial charge on any atom is 0.0598 e. The van der Waals surface area contributed by atoms with E-state index >= 15 is 0 Å². The lowest BCUT2D eigenvalue weighted by Crippen LogP contribution is -2.24. The van der Waals surface area contributed by atoms with Crippen molar-refractivity contribution in [2.45, 2.75) is 0 Å². The van der Waals surface area contributed by atoms with Gasteiger partial charge in [0.25, 0.3) is 0 Å². The first-order valence-electron chi connectivity index (χ1n) is 2.56. The van der Waals surface area contributed by atoms with Gasteiger partial charge in [-0.15, -0.1) is 0 Å². The van der Waals surface area contributed by atoms with Gasteiger partial charge in [0.05, 0.1) is 6.67 Å². The Balaban J connectivity index is 3.10. The van der Waals surface area contributed by atoms with E-state index in [2.05, 4.69) is 36.6 Å². The zero-order chi connectivity index (χ0) is 6.57. The van der Waals surface area contributed by atoms with Gasteiger partial charge in [-0.3, -0.25) is 4.90 Å². The number of hydrogen-bond donors (Lipinski definition) is 0. The van der Waals surface area contributed by atoms with Crippen LogP contribution in [-0.4, -0.2) is 43.3 Å². The van der Waals surface area contributed by atoms with Crippen LogP contribution in [0.15, 0.2) is 0 Å². The molecule has 0 aromatic rings. The van der Waals surface area contributed by atoms with Gasteiger partial charge in [-0.1, -0.05) is 11.9 Å². The van der Waals surface area contributed by atoms with Crippen molar-refractivity contribution in [2.24, 2.45) is 0 Å². The zero-order valence-corrected chi connectivity index (χ0v) is 6.83. The van der Waals surface area contributed by atoms with E-state index in [1.165, 1.54) is 0 Å². The third kappa shape index (κ3) is 4.43. The fraction of sp³-hybridized carbons (Fsp3) is 1.00. The highest BCUT2D eigenvalue weighted by Gasteiger charge is 1.93. The monoisotopic (exact) mass is 134 g/mol. The summed E-state index contributed by atoms with van der Waals surface area (Å²) in [5.41, 5.74) is 0. The van der Waals surface area contributed by atoms with Crippen LogP contribution < -0.4 is 0 Å². The molecule has 0 saturated heterocycles. The molecule has 0 unspecified atom stereocenters. The molecule has 0 aliphatic heterocycles. The summed E-state index contributed by atoms with van der Waals surface area (Å²) in [6, 6.07) is 0. The van der Waals surface area contributed by atoms with E-state index in [4.69, 9.17) is 0 Å². The van der Waals surface area contributed by atoms with Crippen LogP contribution in [0.5, 0.6) is 0 Å². The van der Waals surface area contributed by atoms with Gasteiger partial charge in [0.2, 0.25) is 0 Å². The fourth-order valence-electron chi connectivity index (χ4n) is 0.456. The Bertz CT molecular complexity index is 56.4. The van der Waals surface area contributed by atoms with Crippen molar-refractivity contribution in [2.75, 3.05) is 34.1 Å². The third-order valence-corrected chi connectivity index (χ3v) is 1.53. The Morgan fingerprint density at radius 2 is 1.75 bits per heavy atom. The topological polar surface area (TPSA) is 6.48 Å². The molecule has 0 heterocycles. The largest absolute Gasteiger partial charge is 0.296 e. The normalized spacial score (nSPS) is 11.2. The smallest absolute Gasteiger partial charge is 0.0598 e. The molecule has 0 atom stereocenters. The molecule has 0 aromatic carbocycles. The summed E-state index contributed by atoms with van der Waals surface area (Å²) < 4.78 is 2.17. The molecule has 2 nitrogen and oxygen atoms in total. The summed E-state index contributed by atoms with van der Waals surface area (Å²) in [6.07, 6.45) is 2.07. The summed E-state index contributed by atoms with van der Waals surface area (Å²) >= 11 is 1.74. The molecule has 8 heavy (non-hydrogen) atoms. The van der Waals surface area contributed by atoms with Crippen molar-refractivity contribution >= 4 is 11.9 Å². The van der Waals surface area contributed by atoms with Crippen molar-refractivity contribution in [3.63, 3.8) is 0 Å². The number of rotatable bonds is 3. The van der Waals surface area contributed by atoms with E-state index in [1.807, 2.05) is 0 Å². The van der Waals surface area contributed by atoms with Crippen molar-refractivity contribution in [1.29, 1.82) is 0 Å². The van der Waals surface area contributed by atoms with E-state index in [0.717, 1.165) is 6.67 Å². The van der Waals surface area contributed by atoms with Crippen LogP contribution in [0.2, 0.25) is 0 Å². The lowest BCUT2D eigenvalue weighted by Gasteiger charge is -2.17. The molecule has 0 N–H and O–H groups in total. The van der Waals surface area contributed by atoms with Crippen LogP contribution in [-0.2, 0) is 0 Å². The van der Waals surface area contributed by atoms with E-state index in [1.54, 1.807) is 11.9 Å². The Labute approximate surface area is 56.0 Å². The van der Waals surface area contributed by atoms with Crippen LogP contribution in [0.4, 0.5) is 0 Å². The summed E-state index contributed by atoms with van der Waals surface area (Å²) in [4.78, 5) is 2.14. The van der Waals surface area contributed by atoms with Crippen LogP contribution in [0.25, 0.3) is 0 Å². The molecule has 0 saturated carbocycles. The van der Waals surface area contributed by atoms with E-state index in [-0.39, 0.29) is 0 Å². The molecule has 0 spiro atoms. The van der Waals surface area contributed by atoms with Gasteiger partial charge in [-0.05, 0) is 27.4 Å². The molecule has 3 heteroatoms. The summed E-state index contributed by atoms with van der Waals surface area (Å²) in [7, 11) is 6.20. The van der Waals surface area contributed by atoms with Gasteiger partial charge in [0.1, 0.15) is 0 Å². The number of nitrogens with zero attached hydrogens (tertiary/aromatic N) is 2. The van der Waals surface area contributed by atoms with Crippen LogP contribution >= 0.6 is 11.9 Å². The molecule has 0 rings (SSSR count). The predicted molar refractivity (Wildman–Crippen MR) is 39.8 cm³/mol. The van der Waals surface area contributed by atoms with Gasteiger partial charge < -0.3 is 0 Å². The van der Waals surface area contributed by atoms with E-state index in [0.29, 0.717) is 0 Å². The molecule has 0 bridgehead atoms. The minimum Gasteiger partial charge on any atom is -0.296 e. The Hall–Kier alpha value is 0.270. The van der Waals surface area contributed by atoms with Crippen molar-refractivity contribution in [3.05, 3.63) is 0 Å². The van der Waals surface area contributed by atoms with E-state index in [9.17, 15) is 0 Å². The second-order valence-electron chi connectivity index (χ2n) is 2.03. The molecule has 0 fully saturated rings. The van der Waals surface area contributed by atoms with Crippen molar-refractivity contribution < 1.29 is 0 Å². The minimum atomic E-state index is 1.02. The quantitative estimate of drug-likeness (QED) is 0.415. The highest BCUT2D eigenvalue weighted by molar-refractivity contribution is 7.96. The first-order valence-corrected chi connectivity index (χ1v) is 3.75. The second kappa shape index (κ2) is 4.18. The van der Waals surface area contributed by atoms with Crippen molar-refractivity contribution in [1.82, 2.24) is 9.21 Å². The second-order valence-corrected chi connectivity index (χ2v) is 3.02. The summed E-state index contributed by atoms with van der Waals surface area (Å²) in [5, 5.41) is 0. The van der Waals surface area contributed by atoms with Crippen molar-refractivity contribution in [3.8, 4) is 0 Å². The highest BCUT2D eigenvalue weighted by Crippen LogP contribution is 1.98. The molecular formula is C5H14N2S. The van der Waals surface area contributed by atoms with Gasteiger partial charge in [0, 0.05) is 0 Å². The average molecular weight is 134 g/mol. The summed E-state index contributed by atoms with van der Waals surface area (Å²) in [5.74, 6) is 0. The van der Waals surface area contributed by atoms with Gasteiger partial charge >= 0.3 is 0 Å². The first kappa shape index (κ1) is 8.27. The standard InChI is InChI=1S/C5H14N2S/c1-6(2)5-7(3)8-4/h5H2,1-4H3. The maximum absolute atomic E-state index is 2.17. The van der Waals surface area contributed by atoms with Crippen LogP contribution in [0.3, 0.4) is 0 Å². The predicted octanol–water partition coefficient (Wildman–Crippen LogP) is 0.715. The first-order chi connectivity index (χ1) is 3.66. The average Bonchev–Trinajstić information content (AvgIpc) is 1.65. The molecule has 0 amide bonds. The molecule has 50 valence electrons. The molecule has 0 aliphatic carbocycles. The maximum atomic E-state index is 2.17. The Morgan fingerprint density at radius 1 is 1.25 bits per heavy atom. The minimum absolute atomic E-state index is 1.02. The van der Waals surface area contributed by atoms with Gasteiger partial charge in [-0.2, -0.15) is 0 Å². The lowest BCUT2D eigenvalue weighted by molar-refractivity contribution is 0.313. The Kier molecular flexibility index (Phi) is 4.32. The third-order valence-electron chi connectivity index (χ3n) is 0.794. The zero-order valence-electron chi connectivity index (χ0n) is 6.01. The lowest BCUT2D eigenvalue weighted by atomic mass is 10.9. The van der Waals surface area contributed by atoms with Crippen LogP contribution in [0.1, 0.15) is 0 Å². The van der Waals surface area contributed by atoms with Gasteiger partial charge in [-0.25, -0.2) is 4.31 Å². The number of hydrogen-bond acceptors (Lipinski definition) is 3. The molecule has 0 aromatic heterocycles. The van der Waals surface area contributed by atoms with Crippen LogP contribution in [0, 0.1) is 0 Å².